The third kappa shape index (κ3) is 5.11. The Hall–Kier alpha value is -3.32. The molecule has 28 heavy (non-hydrogen) atoms. The molecule has 0 bridgehead atoms. The van der Waals surface area contributed by atoms with Crippen LogP contribution >= 0.6 is 11.3 Å². The Kier molecular flexibility index (Phi) is 6.29. The Morgan fingerprint density at radius 3 is 2.54 bits per heavy atom. The highest BCUT2D eigenvalue weighted by Gasteiger charge is 2.12. The third-order valence-electron chi connectivity index (χ3n) is 3.70. The molecule has 7 heteroatoms. The van der Waals surface area contributed by atoms with Gasteiger partial charge in [-0.3, -0.25) is 4.79 Å². The van der Waals surface area contributed by atoms with Crippen molar-refractivity contribution in [3.63, 3.8) is 0 Å². The van der Waals surface area contributed by atoms with Crippen molar-refractivity contribution < 1.29 is 18.7 Å². The van der Waals surface area contributed by atoms with Gasteiger partial charge in [-0.2, -0.15) is 0 Å². The van der Waals surface area contributed by atoms with Crippen LogP contribution in [-0.4, -0.2) is 23.5 Å². The third-order valence-corrected chi connectivity index (χ3v) is 4.59. The Labute approximate surface area is 165 Å². The van der Waals surface area contributed by atoms with E-state index < -0.39 is 5.97 Å². The Balaban J connectivity index is 1.63. The molecule has 3 aromatic rings. The maximum absolute atomic E-state index is 13.0. The minimum Gasteiger partial charge on any atom is -0.463 e. The molecular weight excluding hydrogens is 379 g/mol. The van der Waals surface area contributed by atoms with Crippen molar-refractivity contribution in [3.8, 4) is 10.6 Å². The van der Waals surface area contributed by atoms with E-state index in [0.717, 1.165) is 11.1 Å². The number of nitrogens with zero attached hydrogens (tertiary/aromatic N) is 1. The molecule has 1 heterocycles. The molecule has 2 aromatic carbocycles. The van der Waals surface area contributed by atoms with Crippen molar-refractivity contribution in [1.29, 1.82) is 0 Å². The SMILES string of the molecule is CCOC(=O)/C=C/c1ccc(NC(=O)c2csc(-c3ccc(F)cc3)n2)cc1. The summed E-state index contributed by atoms with van der Waals surface area (Å²) in [4.78, 5) is 28.0. The molecule has 1 N–H and O–H groups in total. The van der Waals surface area contributed by atoms with Gasteiger partial charge >= 0.3 is 5.97 Å². The number of carbonyl (C=O) groups is 2. The zero-order valence-electron chi connectivity index (χ0n) is 15.0. The van der Waals surface area contributed by atoms with E-state index in [0.29, 0.717) is 17.3 Å². The molecule has 0 aliphatic heterocycles. The van der Waals surface area contributed by atoms with Gasteiger partial charge in [0.1, 0.15) is 16.5 Å². The van der Waals surface area contributed by atoms with Gasteiger partial charge in [0.25, 0.3) is 5.91 Å². The van der Waals surface area contributed by atoms with Crippen molar-refractivity contribution in [2.45, 2.75) is 6.92 Å². The van der Waals surface area contributed by atoms with Crippen molar-refractivity contribution in [1.82, 2.24) is 4.98 Å². The summed E-state index contributed by atoms with van der Waals surface area (Å²) >= 11 is 1.32. The lowest BCUT2D eigenvalue weighted by Crippen LogP contribution is -2.12. The van der Waals surface area contributed by atoms with E-state index in [1.54, 1.807) is 54.8 Å². The summed E-state index contributed by atoms with van der Waals surface area (Å²) in [5, 5.41) is 5.07. The number of carbonyl (C=O) groups excluding carboxylic acids is 2. The van der Waals surface area contributed by atoms with Crippen LogP contribution in [0.3, 0.4) is 0 Å². The molecule has 0 aliphatic rings. The molecular formula is C21H17FN2O3S. The van der Waals surface area contributed by atoms with Crippen molar-refractivity contribution in [2.75, 3.05) is 11.9 Å². The lowest BCUT2D eigenvalue weighted by Gasteiger charge is -2.03. The van der Waals surface area contributed by atoms with Crippen molar-refractivity contribution in [3.05, 3.63) is 77.1 Å². The van der Waals surface area contributed by atoms with Crippen LogP contribution in [0.25, 0.3) is 16.6 Å². The molecule has 0 unspecified atom stereocenters. The zero-order chi connectivity index (χ0) is 19.9. The van der Waals surface area contributed by atoms with E-state index in [4.69, 9.17) is 4.74 Å². The zero-order valence-corrected chi connectivity index (χ0v) is 15.8. The van der Waals surface area contributed by atoms with E-state index in [-0.39, 0.29) is 17.4 Å². The number of esters is 1. The van der Waals surface area contributed by atoms with Gasteiger partial charge in [0.15, 0.2) is 0 Å². The monoisotopic (exact) mass is 396 g/mol. The highest BCUT2D eigenvalue weighted by atomic mass is 32.1. The smallest absolute Gasteiger partial charge is 0.330 e. The Morgan fingerprint density at radius 1 is 1.14 bits per heavy atom. The highest BCUT2D eigenvalue weighted by Crippen LogP contribution is 2.24. The molecule has 0 fully saturated rings. The minimum absolute atomic E-state index is 0.288. The van der Waals surface area contributed by atoms with Gasteiger partial charge in [-0.25, -0.2) is 14.2 Å². The average molecular weight is 396 g/mol. The number of nitrogens with one attached hydrogen (secondary N) is 1. The van der Waals surface area contributed by atoms with Gasteiger partial charge in [0.2, 0.25) is 0 Å². The van der Waals surface area contributed by atoms with Gasteiger partial charge in [-0.05, 0) is 55.0 Å². The van der Waals surface area contributed by atoms with Gasteiger partial charge in [0, 0.05) is 22.7 Å². The number of ether oxygens (including phenoxy) is 1. The van der Waals surface area contributed by atoms with Crippen LogP contribution < -0.4 is 5.32 Å². The summed E-state index contributed by atoms with van der Waals surface area (Å²) in [5.74, 6) is -1.06. The topological polar surface area (TPSA) is 68.3 Å². The predicted octanol–water partition coefficient (Wildman–Crippen LogP) is 4.78. The first-order valence-corrected chi connectivity index (χ1v) is 9.41. The average Bonchev–Trinajstić information content (AvgIpc) is 3.19. The van der Waals surface area contributed by atoms with Gasteiger partial charge in [0.05, 0.1) is 6.61 Å². The maximum atomic E-state index is 13.0. The van der Waals surface area contributed by atoms with Crippen LogP contribution in [0.4, 0.5) is 10.1 Å². The normalized spacial score (nSPS) is 10.8. The number of hydrogen-bond acceptors (Lipinski definition) is 5. The molecule has 0 radical (unpaired) electrons. The van der Waals surface area contributed by atoms with Crippen LogP contribution in [0.15, 0.2) is 60.0 Å². The first kappa shape index (κ1) is 19.4. The lowest BCUT2D eigenvalue weighted by atomic mass is 10.2. The van der Waals surface area contributed by atoms with Crippen LogP contribution in [-0.2, 0) is 9.53 Å². The number of amides is 1. The fourth-order valence-corrected chi connectivity index (χ4v) is 3.14. The number of anilines is 1. The molecule has 5 nitrogen and oxygen atoms in total. The molecule has 0 aliphatic carbocycles. The molecule has 0 saturated carbocycles. The number of benzene rings is 2. The standard InChI is InChI=1S/C21H17FN2O3S/c1-2-27-19(25)12-5-14-3-10-17(11-4-14)23-20(26)18-13-28-21(24-18)15-6-8-16(22)9-7-15/h3-13H,2H2,1H3,(H,23,26)/b12-5+. The molecule has 0 spiro atoms. The van der Waals surface area contributed by atoms with E-state index in [9.17, 15) is 14.0 Å². The van der Waals surface area contributed by atoms with Crippen LogP contribution in [0.5, 0.6) is 0 Å². The van der Waals surface area contributed by atoms with Crippen molar-refractivity contribution in [2.24, 2.45) is 0 Å². The number of rotatable bonds is 6. The minimum atomic E-state index is -0.402. The van der Waals surface area contributed by atoms with E-state index in [1.165, 1.54) is 29.5 Å². The van der Waals surface area contributed by atoms with Gasteiger partial charge in [-0.1, -0.05) is 12.1 Å². The number of aromatic nitrogens is 1. The molecule has 142 valence electrons. The summed E-state index contributed by atoms with van der Waals surface area (Å²) in [5.41, 5.74) is 2.45. The summed E-state index contributed by atoms with van der Waals surface area (Å²) in [6, 6.07) is 13.0. The Bertz CT molecular complexity index is 995. The second-order valence-corrected chi connectivity index (χ2v) is 6.56. The summed E-state index contributed by atoms with van der Waals surface area (Å²) in [6.07, 6.45) is 2.99. The van der Waals surface area contributed by atoms with E-state index in [2.05, 4.69) is 10.3 Å². The van der Waals surface area contributed by atoms with Crippen molar-refractivity contribution >= 4 is 35.0 Å². The highest BCUT2D eigenvalue weighted by molar-refractivity contribution is 7.13. The first-order valence-electron chi connectivity index (χ1n) is 8.53. The second-order valence-electron chi connectivity index (χ2n) is 5.71. The number of halogens is 1. The Morgan fingerprint density at radius 2 is 1.86 bits per heavy atom. The molecule has 1 amide bonds. The number of hydrogen-bond donors (Lipinski definition) is 1. The predicted molar refractivity (Wildman–Crippen MR) is 108 cm³/mol. The number of thiazole rings is 1. The van der Waals surface area contributed by atoms with Crippen LogP contribution in [0.1, 0.15) is 23.0 Å². The maximum Gasteiger partial charge on any atom is 0.330 e. The molecule has 3 rings (SSSR count). The summed E-state index contributed by atoms with van der Waals surface area (Å²) < 4.78 is 17.8. The fraction of sp³-hybridized carbons (Fsp3) is 0.0952. The van der Waals surface area contributed by atoms with Crippen LogP contribution in [0.2, 0.25) is 0 Å². The van der Waals surface area contributed by atoms with Gasteiger partial charge < -0.3 is 10.1 Å². The summed E-state index contributed by atoms with van der Waals surface area (Å²) in [7, 11) is 0. The molecule has 1 aromatic heterocycles. The largest absolute Gasteiger partial charge is 0.463 e. The molecule has 0 atom stereocenters. The van der Waals surface area contributed by atoms with E-state index in [1.807, 2.05) is 0 Å². The quantitative estimate of drug-likeness (QED) is 0.481. The van der Waals surface area contributed by atoms with Crippen LogP contribution in [0, 0.1) is 5.82 Å². The first-order chi connectivity index (χ1) is 13.5. The molecule has 0 saturated heterocycles. The van der Waals surface area contributed by atoms with Gasteiger partial charge in [-0.15, -0.1) is 11.3 Å². The second kappa shape index (κ2) is 9.05. The fourth-order valence-electron chi connectivity index (χ4n) is 2.33. The lowest BCUT2D eigenvalue weighted by molar-refractivity contribution is -0.137. The van der Waals surface area contributed by atoms with E-state index >= 15 is 0 Å². The summed E-state index contributed by atoms with van der Waals surface area (Å²) in [6.45, 7) is 2.07.